The fraction of sp³-hybridized carbons (Fsp3) is 0.529. The molecule has 6 heteroatoms. The average molecular weight is 317 g/mol. The van der Waals surface area contributed by atoms with E-state index in [1.54, 1.807) is 0 Å². The molecule has 2 bridgehead atoms. The summed E-state index contributed by atoms with van der Waals surface area (Å²) in [5.41, 5.74) is 0.914. The first-order chi connectivity index (χ1) is 11.1. The standard InChI is InChI=1S/C17H19NO5/c19-16(14-10-2-3-11(6-10)15(14)17(20)21)18-7-9-1-4-12-13(5-9)23-8-22-12/h1,4-5,10-11,14-15H,2-3,6-8H2,(H,18,19)(H,20,21)/t10-,11-,14+,15-/m0/s1. The molecule has 1 aromatic rings. The zero-order valence-corrected chi connectivity index (χ0v) is 12.7. The first-order valence-corrected chi connectivity index (χ1v) is 8.02. The Morgan fingerprint density at radius 1 is 1.13 bits per heavy atom. The summed E-state index contributed by atoms with van der Waals surface area (Å²) in [5, 5.41) is 12.3. The van der Waals surface area contributed by atoms with E-state index in [4.69, 9.17) is 9.47 Å². The number of carboxylic acid groups (broad SMARTS) is 1. The third kappa shape index (κ3) is 2.42. The van der Waals surface area contributed by atoms with Crippen LogP contribution in [0, 0.1) is 23.7 Å². The van der Waals surface area contributed by atoms with Gasteiger partial charge in [-0.25, -0.2) is 0 Å². The number of hydrogen-bond acceptors (Lipinski definition) is 4. The quantitative estimate of drug-likeness (QED) is 0.884. The SMILES string of the molecule is O=C(NCc1ccc2c(c1)OCO2)[C@@H]1[C@H]2CC[C@@H](C2)[C@@H]1C(=O)O. The molecular formula is C17H19NO5. The average Bonchev–Trinajstić information content (AvgIpc) is 3.25. The van der Waals surface area contributed by atoms with E-state index in [0.29, 0.717) is 18.0 Å². The molecule has 23 heavy (non-hydrogen) atoms. The normalized spacial score (nSPS) is 30.4. The summed E-state index contributed by atoms with van der Waals surface area (Å²) in [6.45, 7) is 0.590. The van der Waals surface area contributed by atoms with Crippen LogP contribution < -0.4 is 14.8 Å². The largest absolute Gasteiger partial charge is 0.481 e. The van der Waals surface area contributed by atoms with Gasteiger partial charge in [0.2, 0.25) is 12.7 Å². The van der Waals surface area contributed by atoms with E-state index in [-0.39, 0.29) is 30.5 Å². The highest BCUT2D eigenvalue weighted by Gasteiger charge is 2.53. The van der Waals surface area contributed by atoms with Crippen molar-refractivity contribution in [2.45, 2.75) is 25.8 Å². The molecule has 2 N–H and O–H groups in total. The highest BCUT2D eigenvalue weighted by Crippen LogP contribution is 2.52. The molecule has 0 unspecified atom stereocenters. The van der Waals surface area contributed by atoms with Gasteiger partial charge in [0.1, 0.15) is 0 Å². The maximum Gasteiger partial charge on any atom is 0.307 e. The molecule has 1 amide bonds. The van der Waals surface area contributed by atoms with Crippen molar-refractivity contribution in [3.05, 3.63) is 23.8 Å². The predicted molar refractivity (Wildman–Crippen MR) is 79.9 cm³/mol. The number of carboxylic acids is 1. The first-order valence-electron chi connectivity index (χ1n) is 8.02. The molecule has 1 aromatic carbocycles. The van der Waals surface area contributed by atoms with Gasteiger partial charge in [-0.2, -0.15) is 0 Å². The van der Waals surface area contributed by atoms with Crippen molar-refractivity contribution in [2.24, 2.45) is 23.7 Å². The number of rotatable bonds is 4. The number of carbonyl (C=O) groups excluding carboxylic acids is 1. The number of aliphatic carboxylic acids is 1. The molecule has 2 aliphatic carbocycles. The van der Waals surface area contributed by atoms with Gasteiger partial charge in [-0.05, 0) is 48.8 Å². The van der Waals surface area contributed by atoms with Crippen LogP contribution in [0.1, 0.15) is 24.8 Å². The van der Waals surface area contributed by atoms with E-state index in [9.17, 15) is 14.7 Å². The molecular weight excluding hydrogens is 298 g/mol. The van der Waals surface area contributed by atoms with Crippen LogP contribution >= 0.6 is 0 Å². The summed E-state index contributed by atoms with van der Waals surface area (Å²) in [5.74, 6) is -0.107. The Morgan fingerprint density at radius 2 is 1.87 bits per heavy atom. The molecule has 0 radical (unpaired) electrons. The Hall–Kier alpha value is -2.24. The van der Waals surface area contributed by atoms with Crippen LogP contribution in [0.2, 0.25) is 0 Å². The highest BCUT2D eigenvalue weighted by atomic mass is 16.7. The summed E-state index contributed by atoms with van der Waals surface area (Å²) in [6.07, 6.45) is 2.78. The number of carbonyl (C=O) groups is 2. The molecule has 6 nitrogen and oxygen atoms in total. The van der Waals surface area contributed by atoms with Crippen LogP contribution in [0.3, 0.4) is 0 Å². The van der Waals surface area contributed by atoms with Gasteiger partial charge in [-0.1, -0.05) is 6.07 Å². The maximum absolute atomic E-state index is 12.5. The zero-order valence-electron chi connectivity index (χ0n) is 12.7. The first kappa shape index (κ1) is 14.4. The Labute approximate surface area is 133 Å². The van der Waals surface area contributed by atoms with E-state index >= 15 is 0 Å². The Morgan fingerprint density at radius 3 is 2.65 bits per heavy atom. The number of benzene rings is 1. The van der Waals surface area contributed by atoms with Gasteiger partial charge >= 0.3 is 5.97 Å². The van der Waals surface area contributed by atoms with Crippen molar-refractivity contribution < 1.29 is 24.2 Å². The fourth-order valence-corrected chi connectivity index (χ4v) is 4.38. The Kier molecular flexibility index (Phi) is 3.39. The lowest BCUT2D eigenvalue weighted by Crippen LogP contribution is -2.41. The van der Waals surface area contributed by atoms with Crippen LogP contribution in [-0.4, -0.2) is 23.8 Å². The van der Waals surface area contributed by atoms with Crippen molar-refractivity contribution in [1.82, 2.24) is 5.32 Å². The number of nitrogens with one attached hydrogen (secondary N) is 1. The van der Waals surface area contributed by atoms with Gasteiger partial charge in [-0.3, -0.25) is 9.59 Å². The maximum atomic E-state index is 12.5. The minimum Gasteiger partial charge on any atom is -0.481 e. The molecule has 2 fully saturated rings. The van der Waals surface area contributed by atoms with E-state index in [2.05, 4.69) is 5.32 Å². The lowest BCUT2D eigenvalue weighted by molar-refractivity contribution is -0.149. The summed E-state index contributed by atoms with van der Waals surface area (Å²) in [4.78, 5) is 24.0. The third-order valence-electron chi connectivity index (χ3n) is 5.41. The van der Waals surface area contributed by atoms with Crippen molar-refractivity contribution in [3.63, 3.8) is 0 Å². The number of hydrogen-bond donors (Lipinski definition) is 2. The van der Waals surface area contributed by atoms with Gasteiger partial charge < -0.3 is 19.9 Å². The third-order valence-corrected chi connectivity index (χ3v) is 5.41. The Balaban J connectivity index is 1.43. The van der Waals surface area contributed by atoms with Crippen LogP contribution in [0.5, 0.6) is 11.5 Å². The lowest BCUT2D eigenvalue weighted by atomic mass is 9.78. The van der Waals surface area contributed by atoms with E-state index in [1.807, 2.05) is 18.2 Å². The molecule has 2 saturated carbocycles. The van der Waals surface area contributed by atoms with Crippen LogP contribution in [0.25, 0.3) is 0 Å². The minimum atomic E-state index is -0.833. The molecule has 0 aromatic heterocycles. The Bertz CT molecular complexity index is 658. The number of ether oxygens (including phenoxy) is 2. The van der Waals surface area contributed by atoms with E-state index in [1.165, 1.54) is 0 Å². The second-order valence-corrected chi connectivity index (χ2v) is 6.63. The summed E-state index contributed by atoms with van der Waals surface area (Å²) in [6, 6.07) is 5.54. The van der Waals surface area contributed by atoms with Crippen LogP contribution in [0.4, 0.5) is 0 Å². The molecule has 1 heterocycles. The van der Waals surface area contributed by atoms with Crippen molar-refractivity contribution in [1.29, 1.82) is 0 Å². The summed E-state index contributed by atoms with van der Waals surface area (Å²) < 4.78 is 10.6. The molecule has 1 aliphatic heterocycles. The molecule has 4 atom stereocenters. The van der Waals surface area contributed by atoms with Gasteiger partial charge in [-0.15, -0.1) is 0 Å². The fourth-order valence-electron chi connectivity index (χ4n) is 4.38. The number of fused-ring (bicyclic) bond motifs is 3. The minimum absolute atomic E-state index is 0.137. The highest BCUT2D eigenvalue weighted by molar-refractivity contribution is 5.86. The van der Waals surface area contributed by atoms with Gasteiger partial charge in [0.15, 0.2) is 11.5 Å². The second kappa shape index (κ2) is 5.44. The lowest BCUT2D eigenvalue weighted by Gasteiger charge is -2.27. The predicted octanol–water partition coefficient (Wildman–Crippen LogP) is 1.78. The van der Waals surface area contributed by atoms with E-state index in [0.717, 1.165) is 24.8 Å². The topological polar surface area (TPSA) is 84.9 Å². The number of amides is 1. The van der Waals surface area contributed by atoms with Gasteiger partial charge in [0.25, 0.3) is 0 Å². The monoisotopic (exact) mass is 317 g/mol. The molecule has 3 aliphatic rings. The van der Waals surface area contributed by atoms with Crippen LogP contribution in [-0.2, 0) is 16.1 Å². The van der Waals surface area contributed by atoms with E-state index < -0.39 is 11.9 Å². The zero-order chi connectivity index (χ0) is 16.0. The van der Waals surface area contributed by atoms with Crippen molar-refractivity contribution >= 4 is 11.9 Å². The molecule has 0 saturated heterocycles. The van der Waals surface area contributed by atoms with Crippen molar-refractivity contribution in [3.8, 4) is 11.5 Å². The van der Waals surface area contributed by atoms with Gasteiger partial charge in [0, 0.05) is 6.54 Å². The molecule has 0 spiro atoms. The molecule has 4 rings (SSSR count). The van der Waals surface area contributed by atoms with Crippen molar-refractivity contribution in [2.75, 3.05) is 6.79 Å². The molecule has 122 valence electrons. The van der Waals surface area contributed by atoms with Gasteiger partial charge in [0.05, 0.1) is 11.8 Å². The summed E-state index contributed by atoms with van der Waals surface area (Å²) >= 11 is 0. The summed E-state index contributed by atoms with van der Waals surface area (Å²) in [7, 11) is 0. The second-order valence-electron chi connectivity index (χ2n) is 6.63. The van der Waals surface area contributed by atoms with Crippen LogP contribution in [0.15, 0.2) is 18.2 Å². The smallest absolute Gasteiger partial charge is 0.307 e.